The molecule has 12 heavy (non-hydrogen) atoms. The Balaban J connectivity index is 3.17. The standard InChI is InChI=1S/C6H7N3O2S/c1-9-4-3-8-6(9)12(10,11)5-2-7/h3-4H,5H2,1H3. The minimum absolute atomic E-state index is 0.0657. The topological polar surface area (TPSA) is 75.8 Å². The van der Waals surface area contributed by atoms with Crippen LogP contribution in [0.25, 0.3) is 0 Å². The van der Waals surface area contributed by atoms with Gasteiger partial charge in [0.1, 0.15) is 5.75 Å². The number of imidazole rings is 1. The summed E-state index contributed by atoms with van der Waals surface area (Å²) in [7, 11) is -1.94. The second kappa shape index (κ2) is 2.95. The minimum Gasteiger partial charge on any atom is -0.325 e. The van der Waals surface area contributed by atoms with E-state index in [-0.39, 0.29) is 5.16 Å². The lowest BCUT2D eigenvalue weighted by molar-refractivity contribution is 0.582. The normalized spacial score (nSPS) is 11.0. The Hall–Kier alpha value is -1.35. The first-order chi connectivity index (χ1) is 5.58. The first-order valence-corrected chi connectivity index (χ1v) is 4.80. The number of hydrogen-bond acceptors (Lipinski definition) is 4. The van der Waals surface area contributed by atoms with Crippen LogP contribution in [0.1, 0.15) is 0 Å². The van der Waals surface area contributed by atoms with Gasteiger partial charge < -0.3 is 4.57 Å². The fourth-order valence-corrected chi connectivity index (χ4v) is 1.82. The van der Waals surface area contributed by atoms with Crippen LogP contribution in [0.3, 0.4) is 0 Å². The molecule has 0 spiro atoms. The Morgan fingerprint density at radius 1 is 1.75 bits per heavy atom. The van der Waals surface area contributed by atoms with Crippen LogP contribution in [0.15, 0.2) is 17.6 Å². The van der Waals surface area contributed by atoms with Crippen molar-refractivity contribution in [2.24, 2.45) is 7.05 Å². The monoisotopic (exact) mass is 185 g/mol. The van der Waals surface area contributed by atoms with Gasteiger partial charge in [-0.25, -0.2) is 13.4 Å². The molecule has 1 rings (SSSR count). The molecular weight excluding hydrogens is 178 g/mol. The molecule has 0 unspecified atom stereocenters. The van der Waals surface area contributed by atoms with E-state index in [1.165, 1.54) is 17.0 Å². The molecular formula is C6H7N3O2S. The van der Waals surface area contributed by atoms with Gasteiger partial charge in [-0.15, -0.1) is 0 Å². The third-order valence-corrected chi connectivity index (χ3v) is 2.77. The van der Waals surface area contributed by atoms with Crippen LogP contribution < -0.4 is 0 Å². The quantitative estimate of drug-likeness (QED) is 0.634. The largest absolute Gasteiger partial charge is 0.325 e. The summed E-state index contributed by atoms with van der Waals surface area (Å²) < 4.78 is 23.8. The fraction of sp³-hybridized carbons (Fsp3) is 0.333. The van der Waals surface area contributed by atoms with E-state index in [2.05, 4.69) is 4.98 Å². The van der Waals surface area contributed by atoms with Gasteiger partial charge in [-0.05, 0) is 0 Å². The lowest BCUT2D eigenvalue weighted by Crippen LogP contribution is -2.10. The van der Waals surface area contributed by atoms with Gasteiger partial charge in [0.2, 0.25) is 15.0 Å². The van der Waals surface area contributed by atoms with Crippen LogP contribution in [0.4, 0.5) is 0 Å². The molecule has 0 N–H and O–H groups in total. The lowest BCUT2D eigenvalue weighted by Gasteiger charge is -1.97. The molecule has 0 aliphatic heterocycles. The molecule has 64 valence electrons. The third kappa shape index (κ3) is 1.46. The molecule has 0 saturated carbocycles. The summed E-state index contributed by atoms with van der Waals surface area (Å²) in [5.74, 6) is -0.530. The van der Waals surface area contributed by atoms with E-state index in [0.29, 0.717) is 0 Å². The van der Waals surface area contributed by atoms with E-state index in [0.717, 1.165) is 0 Å². The van der Waals surface area contributed by atoms with Crippen LogP contribution in [-0.4, -0.2) is 23.7 Å². The first-order valence-electron chi connectivity index (χ1n) is 3.15. The van der Waals surface area contributed by atoms with Gasteiger partial charge >= 0.3 is 0 Å². The average molecular weight is 185 g/mol. The molecule has 0 aromatic carbocycles. The zero-order valence-electron chi connectivity index (χ0n) is 6.43. The molecule has 1 aromatic rings. The second-order valence-corrected chi connectivity index (χ2v) is 4.12. The Morgan fingerprint density at radius 2 is 2.42 bits per heavy atom. The number of nitrogens with zero attached hydrogens (tertiary/aromatic N) is 3. The lowest BCUT2D eigenvalue weighted by atomic mass is 10.9. The maximum atomic E-state index is 11.2. The van der Waals surface area contributed by atoms with E-state index in [9.17, 15) is 8.42 Å². The van der Waals surface area contributed by atoms with Crippen molar-refractivity contribution in [3.63, 3.8) is 0 Å². The zero-order chi connectivity index (χ0) is 9.19. The van der Waals surface area contributed by atoms with Gasteiger partial charge in [-0.1, -0.05) is 0 Å². The minimum atomic E-state index is -3.51. The average Bonchev–Trinajstić information content (AvgIpc) is 2.35. The highest BCUT2D eigenvalue weighted by molar-refractivity contribution is 7.91. The summed E-state index contributed by atoms with van der Waals surface area (Å²) in [4.78, 5) is 3.63. The molecule has 0 radical (unpaired) electrons. The third-order valence-electron chi connectivity index (χ3n) is 1.31. The summed E-state index contributed by atoms with van der Waals surface area (Å²) in [6.45, 7) is 0. The van der Waals surface area contributed by atoms with Crippen molar-refractivity contribution in [1.82, 2.24) is 9.55 Å². The Morgan fingerprint density at radius 3 is 2.83 bits per heavy atom. The van der Waals surface area contributed by atoms with Gasteiger partial charge in [0.25, 0.3) is 0 Å². The molecule has 1 aromatic heterocycles. The predicted octanol–water partition coefficient (Wildman–Crippen LogP) is -0.283. The van der Waals surface area contributed by atoms with Crippen molar-refractivity contribution in [3.8, 4) is 6.07 Å². The first kappa shape index (κ1) is 8.74. The van der Waals surface area contributed by atoms with Crippen molar-refractivity contribution in [2.75, 3.05) is 5.75 Å². The van der Waals surface area contributed by atoms with E-state index in [1.54, 1.807) is 13.1 Å². The number of rotatable bonds is 2. The van der Waals surface area contributed by atoms with Crippen LogP contribution in [-0.2, 0) is 16.9 Å². The van der Waals surface area contributed by atoms with Gasteiger partial charge in [-0.3, -0.25) is 0 Å². The molecule has 1 heterocycles. The van der Waals surface area contributed by atoms with Crippen molar-refractivity contribution in [2.45, 2.75) is 5.16 Å². The molecule has 0 bridgehead atoms. The smallest absolute Gasteiger partial charge is 0.228 e. The van der Waals surface area contributed by atoms with Gasteiger partial charge in [0, 0.05) is 19.4 Å². The van der Waals surface area contributed by atoms with E-state index < -0.39 is 15.6 Å². The highest BCUT2D eigenvalue weighted by Gasteiger charge is 2.18. The molecule has 0 fully saturated rings. The summed E-state index contributed by atoms with van der Waals surface area (Å²) in [6.07, 6.45) is 2.90. The molecule has 0 amide bonds. The second-order valence-electron chi connectivity index (χ2n) is 2.24. The molecule has 5 nitrogen and oxygen atoms in total. The predicted molar refractivity (Wildman–Crippen MR) is 40.9 cm³/mol. The summed E-state index contributed by atoms with van der Waals surface area (Å²) in [5.41, 5.74) is 0. The highest BCUT2D eigenvalue weighted by atomic mass is 32.2. The number of sulfone groups is 1. The van der Waals surface area contributed by atoms with Crippen LogP contribution in [0, 0.1) is 11.3 Å². The van der Waals surface area contributed by atoms with Crippen molar-refractivity contribution < 1.29 is 8.42 Å². The molecule has 6 heteroatoms. The van der Waals surface area contributed by atoms with Gasteiger partial charge in [0.15, 0.2) is 0 Å². The molecule has 0 aliphatic carbocycles. The number of nitriles is 1. The summed E-state index contributed by atoms with van der Waals surface area (Å²) in [6, 6.07) is 1.58. The molecule has 0 atom stereocenters. The summed E-state index contributed by atoms with van der Waals surface area (Å²) >= 11 is 0. The van der Waals surface area contributed by atoms with Gasteiger partial charge in [-0.2, -0.15) is 5.26 Å². The summed E-state index contributed by atoms with van der Waals surface area (Å²) in [5, 5.41) is 8.16. The van der Waals surface area contributed by atoms with E-state index >= 15 is 0 Å². The van der Waals surface area contributed by atoms with Crippen LogP contribution in [0.5, 0.6) is 0 Å². The maximum absolute atomic E-state index is 11.2. The SMILES string of the molecule is Cn1ccnc1S(=O)(=O)CC#N. The van der Waals surface area contributed by atoms with Crippen LogP contribution >= 0.6 is 0 Å². The van der Waals surface area contributed by atoms with Gasteiger partial charge in [0.05, 0.1) is 6.07 Å². The Kier molecular flexibility index (Phi) is 2.15. The molecule has 0 saturated heterocycles. The zero-order valence-corrected chi connectivity index (χ0v) is 7.24. The molecule has 0 aliphatic rings. The number of aromatic nitrogens is 2. The number of aryl methyl sites for hydroxylation is 1. The highest BCUT2D eigenvalue weighted by Crippen LogP contribution is 2.05. The van der Waals surface area contributed by atoms with Crippen molar-refractivity contribution in [3.05, 3.63) is 12.4 Å². The van der Waals surface area contributed by atoms with Crippen molar-refractivity contribution in [1.29, 1.82) is 5.26 Å². The fourth-order valence-electron chi connectivity index (χ4n) is 0.801. The van der Waals surface area contributed by atoms with Crippen LogP contribution in [0.2, 0.25) is 0 Å². The maximum Gasteiger partial charge on any atom is 0.228 e. The number of hydrogen-bond donors (Lipinski definition) is 0. The van der Waals surface area contributed by atoms with E-state index in [4.69, 9.17) is 5.26 Å². The Labute approximate surface area is 70.2 Å². The van der Waals surface area contributed by atoms with Crippen molar-refractivity contribution >= 4 is 9.84 Å². The Bertz CT molecular complexity index is 412. The van der Waals surface area contributed by atoms with E-state index in [1.807, 2.05) is 0 Å².